The Morgan fingerprint density at radius 2 is 1.88 bits per heavy atom. The lowest BCUT2D eigenvalue weighted by molar-refractivity contribution is -0.123. The van der Waals surface area contributed by atoms with Gasteiger partial charge in [-0.25, -0.2) is 4.90 Å². The molecule has 0 aromatic heterocycles. The average molecular weight is 371 g/mol. The van der Waals surface area contributed by atoms with Crippen molar-refractivity contribution in [1.29, 1.82) is 0 Å². The average Bonchev–Trinajstić information content (AvgIpc) is 3.16. The quantitative estimate of drug-likeness (QED) is 0.775. The van der Waals surface area contributed by atoms with Crippen molar-refractivity contribution in [3.05, 3.63) is 59.1 Å². The summed E-state index contributed by atoms with van der Waals surface area (Å²) in [6.07, 6.45) is 0. The molecule has 7 nitrogen and oxygen atoms in total. The van der Waals surface area contributed by atoms with Crippen LogP contribution in [-0.4, -0.2) is 36.0 Å². The second-order valence-electron chi connectivity index (χ2n) is 6.01. The Labute approximate surface area is 154 Å². The van der Waals surface area contributed by atoms with Gasteiger partial charge in [-0.15, -0.1) is 0 Å². The van der Waals surface area contributed by atoms with E-state index in [2.05, 4.69) is 10.3 Å². The zero-order valence-corrected chi connectivity index (χ0v) is 14.6. The minimum Gasteiger partial charge on any atom is -0.495 e. The van der Waals surface area contributed by atoms with Gasteiger partial charge in [0.1, 0.15) is 5.75 Å². The van der Waals surface area contributed by atoms with Crippen molar-refractivity contribution in [2.24, 2.45) is 10.3 Å². The molecular formula is C18H15ClN4O3. The van der Waals surface area contributed by atoms with E-state index in [0.717, 1.165) is 10.5 Å². The van der Waals surface area contributed by atoms with E-state index in [1.165, 1.54) is 13.2 Å². The number of hydrogen-bond donors (Lipinski definition) is 0. The molecule has 1 fully saturated rings. The summed E-state index contributed by atoms with van der Waals surface area (Å²) in [5.41, 5.74) is 1.38. The van der Waals surface area contributed by atoms with Crippen LogP contribution in [0.25, 0.3) is 0 Å². The van der Waals surface area contributed by atoms with Crippen molar-refractivity contribution >= 4 is 29.1 Å². The fraction of sp³-hybridized carbons (Fsp3) is 0.222. The molecule has 0 radical (unpaired) electrons. The zero-order valence-electron chi connectivity index (χ0n) is 13.9. The number of carbonyl (C=O) groups is 2. The molecule has 2 amide bonds. The van der Waals surface area contributed by atoms with E-state index in [1.54, 1.807) is 17.1 Å². The fourth-order valence-electron chi connectivity index (χ4n) is 3.17. The smallest absolute Gasteiger partial charge is 0.263 e. The maximum atomic E-state index is 12.9. The van der Waals surface area contributed by atoms with Crippen molar-refractivity contribution in [3.8, 4) is 5.75 Å². The van der Waals surface area contributed by atoms with Crippen LogP contribution in [0.2, 0.25) is 5.02 Å². The highest BCUT2D eigenvalue weighted by Gasteiger charge is 2.54. The Morgan fingerprint density at radius 3 is 2.58 bits per heavy atom. The molecule has 0 bridgehead atoms. The summed E-state index contributed by atoms with van der Waals surface area (Å²) in [6.45, 7) is 0.404. The van der Waals surface area contributed by atoms with Gasteiger partial charge in [0, 0.05) is 0 Å². The Morgan fingerprint density at radius 1 is 1.12 bits per heavy atom. The van der Waals surface area contributed by atoms with E-state index in [-0.39, 0.29) is 5.91 Å². The number of benzene rings is 2. The molecule has 1 saturated heterocycles. The molecule has 2 aliphatic heterocycles. The summed E-state index contributed by atoms with van der Waals surface area (Å²) >= 11 is 6.13. The largest absolute Gasteiger partial charge is 0.495 e. The van der Waals surface area contributed by atoms with Crippen LogP contribution in [0.3, 0.4) is 0 Å². The van der Waals surface area contributed by atoms with Crippen LogP contribution in [0.15, 0.2) is 58.9 Å². The first-order valence-electron chi connectivity index (χ1n) is 8.03. The van der Waals surface area contributed by atoms with Crippen molar-refractivity contribution < 1.29 is 14.3 Å². The molecule has 8 heteroatoms. The SMILES string of the molecule is COc1ccc(N2C(=O)[C@H]3N=NN(Cc4ccccc4)[C@H]3C2=O)cc1Cl. The number of halogens is 1. The van der Waals surface area contributed by atoms with E-state index in [0.29, 0.717) is 23.0 Å². The van der Waals surface area contributed by atoms with E-state index in [1.807, 2.05) is 30.3 Å². The van der Waals surface area contributed by atoms with Gasteiger partial charge in [0.05, 0.1) is 24.4 Å². The van der Waals surface area contributed by atoms with Gasteiger partial charge in [-0.2, -0.15) is 5.11 Å². The third kappa shape index (κ3) is 2.61. The van der Waals surface area contributed by atoms with Gasteiger partial charge in [-0.3, -0.25) is 14.6 Å². The van der Waals surface area contributed by atoms with Crippen molar-refractivity contribution in [2.75, 3.05) is 12.0 Å². The van der Waals surface area contributed by atoms with E-state index < -0.39 is 18.0 Å². The molecule has 0 aliphatic carbocycles. The summed E-state index contributed by atoms with van der Waals surface area (Å²) in [5.74, 6) is -0.289. The molecule has 0 spiro atoms. The molecule has 2 aliphatic rings. The molecule has 0 N–H and O–H groups in total. The van der Waals surface area contributed by atoms with Gasteiger partial charge >= 0.3 is 0 Å². The lowest BCUT2D eigenvalue weighted by Gasteiger charge is -2.21. The predicted molar refractivity (Wildman–Crippen MR) is 94.9 cm³/mol. The van der Waals surface area contributed by atoms with Gasteiger partial charge in [-0.05, 0) is 23.8 Å². The van der Waals surface area contributed by atoms with Crippen LogP contribution in [0.4, 0.5) is 5.69 Å². The molecular weight excluding hydrogens is 356 g/mol. The maximum Gasteiger partial charge on any atom is 0.263 e. The fourth-order valence-corrected chi connectivity index (χ4v) is 3.43. The number of amides is 2. The summed E-state index contributed by atoms with van der Waals surface area (Å²) in [5, 5.41) is 9.94. The van der Waals surface area contributed by atoms with Crippen LogP contribution >= 0.6 is 11.6 Å². The van der Waals surface area contributed by atoms with Crippen LogP contribution < -0.4 is 9.64 Å². The number of methoxy groups -OCH3 is 1. The highest BCUT2D eigenvalue weighted by molar-refractivity contribution is 6.33. The van der Waals surface area contributed by atoms with Gasteiger partial charge in [0.2, 0.25) is 0 Å². The minimum absolute atomic E-state index is 0.324. The van der Waals surface area contributed by atoms with E-state index in [9.17, 15) is 9.59 Å². The van der Waals surface area contributed by atoms with E-state index in [4.69, 9.17) is 16.3 Å². The number of nitrogens with zero attached hydrogens (tertiary/aromatic N) is 4. The number of rotatable bonds is 4. The van der Waals surface area contributed by atoms with E-state index >= 15 is 0 Å². The lowest BCUT2D eigenvalue weighted by atomic mass is 10.1. The van der Waals surface area contributed by atoms with Gasteiger partial charge < -0.3 is 4.74 Å². The first-order chi connectivity index (χ1) is 12.6. The third-order valence-corrected chi connectivity index (χ3v) is 4.73. The summed E-state index contributed by atoms with van der Waals surface area (Å²) in [7, 11) is 1.50. The number of anilines is 1. The van der Waals surface area contributed by atoms with Gasteiger partial charge in [0.25, 0.3) is 11.8 Å². The molecule has 132 valence electrons. The second kappa shape index (κ2) is 6.42. The number of ether oxygens (including phenoxy) is 1. The Kier molecular flexibility index (Phi) is 4.08. The molecule has 26 heavy (non-hydrogen) atoms. The van der Waals surface area contributed by atoms with Gasteiger partial charge in [-0.1, -0.05) is 47.2 Å². The van der Waals surface area contributed by atoms with Crippen LogP contribution in [0, 0.1) is 0 Å². The van der Waals surface area contributed by atoms with Crippen LogP contribution in [0.5, 0.6) is 5.75 Å². The van der Waals surface area contributed by atoms with Crippen molar-refractivity contribution in [1.82, 2.24) is 5.01 Å². The number of carbonyl (C=O) groups excluding carboxylic acids is 2. The molecule has 4 rings (SSSR count). The topological polar surface area (TPSA) is 74.6 Å². The molecule has 2 aromatic rings. The Bertz CT molecular complexity index is 903. The Balaban J connectivity index is 1.61. The predicted octanol–water partition coefficient (Wildman–Crippen LogP) is 2.84. The second-order valence-corrected chi connectivity index (χ2v) is 6.42. The maximum absolute atomic E-state index is 12.9. The molecule has 2 aromatic carbocycles. The van der Waals surface area contributed by atoms with Crippen molar-refractivity contribution in [2.45, 2.75) is 18.6 Å². The van der Waals surface area contributed by atoms with Gasteiger partial charge in [0.15, 0.2) is 12.1 Å². The van der Waals surface area contributed by atoms with Crippen LogP contribution in [0.1, 0.15) is 5.56 Å². The monoisotopic (exact) mass is 370 g/mol. The number of imide groups is 1. The lowest BCUT2D eigenvalue weighted by Crippen LogP contribution is -2.39. The standard InChI is InChI=1S/C18H15ClN4O3/c1-26-14-8-7-12(9-13(14)19)23-17(24)15-16(18(23)25)22(21-20-15)10-11-5-3-2-4-6-11/h2-9,15-16H,10H2,1H3/t15-,16+/m0/s1. The van der Waals surface area contributed by atoms with Crippen molar-refractivity contribution in [3.63, 3.8) is 0 Å². The number of hydrogen-bond acceptors (Lipinski definition) is 6. The molecule has 0 unspecified atom stereocenters. The van der Waals surface area contributed by atoms with Crippen LogP contribution in [-0.2, 0) is 16.1 Å². The molecule has 2 atom stereocenters. The summed E-state index contributed by atoms with van der Waals surface area (Å²) < 4.78 is 5.11. The summed E-state index contributed by atoms with van der Waals surface area (Å²) in [6, 6.07) is 12.8. The third-order valence-electron chi connectivity index (χ3n) is 4.44. The Hall–Kier alpha value is -2.93. The normalized spacial score (nSPS) is 21.5. The zero-order chi connectivity index (χ0) is 18.3. The highest BCUT2D eigenvalue weighted by Crippen LogP contribution is 2.35. The number of fused-ring (bicyclic) bond motifs is 1. The molecule has 2 heterocycles. The first-order valence-corrected chi connectivity index (χ1v) is 8.40. The molecule has 0 saturated carbocycles. The summed E-state index contributed by atoms with van der Waals surface area (Å²) in [4.78, 5) is 26.8. The minimum atomic E-state index is -0.827. The first kappa shape index (κ1) is 16.5. The highest BCUT2D eigenvalue weighted by atomic mass is 35.5.